The van der Waals surface area contributed by atoms with Crippen molar-refractivity contribution in [3.8, 4) is 0 Å². The first-order valence-corrected chi connectivity index (χ1v) is 13.3. The molecule has 1 unspecified atom stereocenters. The molecule has 3 radical (unpaired) electrons. The second-order valence-corrected chi connectivity index (χ2v) is 10.8. The zero-order chi connectivity index (χ0) is 15.9. The molecule has 2 aromatic carbocycles. The fourth-order valence-electron chi connectivity index (χ4n) is 1.88. The van der Waals surface area contributed by atoms with E-state index in [1.807, 2.05) is 12.1 Å². The van der Waals surface area contributed by atoms with Gasteiger partial charge < -0.3 is 0 Å². The molecule has 0 N–H and O–H groups in total. The molecule has 0 bridgehead atoms. The van der Waals surface area contributed by atoms with Crippen LogP contribution in [0.5, 0.6) is 0 Å². The molecule has 2 aromatic rings. The fourth-order valence-corrected chi connectivity index (χ4v) is 6.98. The molecule has 0 aliphatic heterocycles. The van der Waals surface area contributed by atoms with Gasteiger partial charge in [0.15, 0.2) is 0 Å². The molecule has 0 saturated heterocycles. The Balaban J connectivity index is 0.000000434. The summed E-state index contributed by atoms with van der Waals surface area (Å²) in [5.74, 6) is 0. The molecule has 0 nitrogen and oxygen atoms in total. The minimum Gasteiger partial charge on any atom is -0.153 e. The molecule has 0 fully saturated rings. The number of hydrogen-bond donors (Lipinski definition) is 0. The minimum absolute atomic E-state index is 0. The van der Waals surface area contributed by atoms with Gasteiger partial charge in [0, 0.05) is 0 Å². The van der Waals surface area contributed by atoms with Crippen LogP contribution in [0.15, 0.2) is 60.7 Å². The Hall–Kier alpha value is 0.0987. The molecule has 0 aliphatic carbocycles. The van der Waals surface area contributed by atoms with E-state index in [1.54, 1.807) is 8.87 Å². The van der Waals surface area contributed by atoms with Crippen molar-refractivity contribution in [2.75, 3.05) is 0 Å². The Labute approximate surface area is 158 Å². The van der Waals surface area contributed by atoms with Crippen LogP contribution >= 0.6 is 18.5 Å². The molecule has 125 valence electrons. The number of hydrogen-bond acceptors (Lipinski definition) is 0. The first kappa shape index (κ1) is 23.1. The third-order valence-electron chi connectivity index (χ3n) is 3.18. The SMILES string of the molecule is CCC[CH2][Sn][CH2]CCC.P.c1ccc([P]c2ccccc2)cc1. The Kier molecular flexibility index (Phi) is 17.0. The van der Waals surface area contributed by atoms with Gasteiger partial charge in [-0.25, -0.2) is 0 Å². The fraction of sp³-hybridized carbons (Fsp3) is 0.400. The summed E-state index contributed by atoms with van der Waals surface area (Å²) >= 11 is 0.149. The third kappa shape index (κ3) is 13.1. The van der Waals surface area contributed by atoms with Crippen LogP contribution in [-0.4, -0.2) is 21.1 Å². The van der Waals surface area contributed by atoms with Crippen LogP contribution < -0.4 is 10.6 Å². The quantitative estimate of drug-likeness (QED) is 0.271. The molecule has 0 spiro atoms. The van der Waals surface area contributed by atoms with Gasteiger partial charge in [-0.3, -0.25) is 0 Å². The predicted molar refractivity (Wildman–Crippen MR) is 115 cm³/mol. The summed E-state index contributed by atoms with van der Waals surface area (Å²) in [6, 6.07) is 21.0. The summed E-state index contributed by atoms with van der Waals surface area (Å²) in [4.78, 5) is 0. The van der Waals surface area contributed by atoms with Crippen molar-refractivity contribution in [1.82, 2.24) is 0 Å². The van der Waals surface area contributed by atoms with Gasteiger partial charge in [-0.2, -0.15) is 9.90 Å². The number of rotatable bonds is 8. The average Bonchev–Trinajstić information content (AvgIpc) is 2.57. The topological polar surface area (TPSA) is 0 Å². The maximum atomic E-state index is 2.29. The van der Waals surface area contributed by atoms with E-state index in [0.29, 0.717) is 0 Å². The Morgan fingerprint density at radius 3 is 1.43 bits per heavy atom. The van der Waals surface area contributed by atoms with E-state index in [0.717, 1.165) is 0 Å². The minimum atomic E-state index is 0. The summed E-state index contributed by atoms with van der Waals surface area (Å²) in [5, 5.41) is 2.68. The molecule has 23 heavy (non-hydrogen) atoms. The Bertz CT molecular complexity index is 416. The Morgan fingerprint density at radius 1 is 0.696 bits per heavy atom. The summed E-state index contributed by atoms with van der Waals surface area (Å²) in [7, 11) is 1.28. The van der Waals surface area contributed by atoms with Gasteiger partial charge in [-0.05, 0) is 19.2 Å². The van der Waals surface area contributed by atoms with Crippen LogP contribution in [0.1, 0.15) is 39.5 Å². The van der Waals surface area contributed by atoms with Crippen molar-refractivity contribution in [3.05, 3.63) is 60.7 Å². The molecule has 3 heteroatoms. The maximum absolute atomic E-state index is 2.29. The summed E-state index contributed by atoms with van der Waals surface area (Å²) in [6.45, 7) is 4.58. The van der Waals surface area contributed by atoms with Gasteiger partial charge in [0.25, 0.3) is 0 Å². The predicted octanol–water partition coefficient (Wildman–Crippen LogP) is 5.77. The summed E-state index contributed by atoms with van der Waals surface area (Å²) < 4.78 is 3.25. The molecule has 0 saturated carbocycles. The van der Waals surface area contributed by atoms with Gasteiger partial charge >= 0.3 is 69.5 Å². The monoisotopic (exact) mass is 453 g/mol. The normalized spacial score (nSPS) is 9.48. The van der Waals surface area contributed by atoms with Gasteiger partial charge in [0.05, 0.1) is 0 Å². The molecular weight excluding hydrogens is 421 g/mol. The van der Waals surface area contributed by atoms with Crippen molar-refractivity contribution >= 4 is 50.2 Å². The Morgan fingerprint density at radius 2 is 1.09 bits per heavy atom. The van der Waals surface area contributed by atoms with E-state index in [2.05, 4.69) is 62.4 Å². The molecule has 0 aliphatic rings. The van der Waals surface area contributed by atoms with Crippen LogP contribution in [0.2, 0.25) is 8.87 Å². The van der Waals surface area contributed by atoms with E-state index in [4.69, 9.17) is 0 Å². The van der Waals surface area contributed by atoms with Crippen LogP contribution in [0.4, 0.5) is 0 Å². The second-order valence-electron chi connectivity index (χ2n) is 5.24. The molecule has 1 atom stereocenters. The van der Waals surface area contributed by atoms with Crippen molar-refractivity contribution in [2.24, 2.45) is 0 Å². The van der Waals surface area contributed by atoms with Gasteiger partial charge in [-0.15, -0.1) is 0 Å². The zero-order valence-electron chi connectivity index (χ0n) is 14.7. The van der Waals surface area contributed by atoms with Gasteiger partial charge in [-0.1, -0.05) is 60.7 Å². The third-order valence-corrected chi connectivity index (χ3v) is 8.33. The number of benzene rings is 2. The van der Waals surface area contributed by atoms with Crippen molar-refractivity contribution in [2.45, 2.75) is 48.4 Å². The molecule has 0 heterocycles. The average molecular weight is 452 g/mol. The first-order valence-electron chi connectivity index (χ1n) is 8.39. The van der Waals surface area contributed by atoms with Gasteiger partial charge in [0.1, 0.15) is 0 Å². The maximum Gasteiger partial charge on any atom is -0.0100 e. The van der Waals surface area contributed by atoms with Crippen molar-refractivity contribution in [3.63, 3.8) is 0 Å². The molecule has 0 aromatic heterocycles. The molecule has 2 rings (SSSR count). The van der Waals surface area contributed by atoms with E-state index >= 15 is 0 Å². The van der Waals surface area contributed by atoms with Gasteiger partial charge in [0.2, 0.25) is 0 Å². The second kappa shape index (κ2) is 16.9. The van der Waals surface area contributed by atoms with Crippen molar-refractivity contribution in [1.29, 1.82) is 0 Å². The number of unbranched alkanes of at least 4 members (excludes halogenated alkanes) is 2. The van der Waals surface area contributed by atoms with Crippen molar-refractivity contribution < 1.29 is 0 Å². The zero-order valence-corrected chi connectivity index (χ0v) is 19.8. The van der Waals surface area contributed by atoms with Crippen LogP contribution in [-0.2, 0) is 0 Å². The van der Waals surface area contributed by atoms with E-state index in [9.17, 15) is 0 Å². The standard InChI is InChI=1S/C12H10P.2C4H9.H3P.Sn/c1-3-7-11(8-4-1)13-12-9-5-2-6-10-12;2*1-3-4-2;;/h1-10H;2*1,3-4H2,2H3;1H3;. The molecular formula is C20H31P2Sn. The van der Waals surface area contributed by atoms with E-state index < -0.39 is 0 Å². The van der Waals surface area contributed by atoms with E-state index in [1.165, 1.54) is 44.9 Å². The summed E-state index contributed by atoms with van der Waals surface area (Å²) in [6.07, 6.45) is 5.84. The largest absolute Gasteiger partial charge is 0.153 e. The molecule has 0 amide bonds. The van der Waals surface area contributed by atoms with E-state index in [-0.39, 0.29) is 31.0 Å². The van der Waals surface area contributed by atoms with Crippen LogP contribution in [0.25, 0.3) is 0 Å². The van der Waals surface area contributed by atoms with Crippen LogP contribution in [0, 0.1) is 0 Å². The summed E-state index contributed by atoms with van der Waals surface area (Å²) in [5.41, 5.74) is 0. The first-order chi connectivity index (χ1) is 10.9. The van der Waals surface area contributed by atoms with Crippen LogP contribution in [0.3, 0.4) is 0 Å². The smallest absolute Gasteiger partial charge is 0.0100 e.